The minimum atomic E-state index is -0.622. The second kappa shape index (κ2) is 9.00. The van der Waals surface area contributed by atoms with Crippen molar-refractivity contribution in [2.45, 2.75) is 23.8 Å². The molecule has 1 amide bonds. The van der Waals surface area contributed by atoms with E-state index in [1.807, 2.05) is 0 Å². The monoisotopic (exact) mass is 324 g/mol. The normalized spacial score (nSPS) is 11.5. The lowest BCUT2D eigenvalue weighted by molar-refractivity contribution is -0.112. The van der Waals surface area contributed by atoms with E-state index < -0.39 is 6.04 Å². The average molecular weight is 324 g/mol. The van der Waals surface area contributed by atoms with Gasteiger partial charge in [-0.2, -0.15) is 0 Å². The van der Waals surface area contributed by atoms with Gasteiger partial charge in [-0.1, -0.05) is 0 Å². The number of rotatable bonds is 7. The van der Waals surface area contributed by atoms with Crippen LogP contribution in [0.15, 0.2) is 28.3 Å². The highest BCUT2D eigenvalue weighted by Crippen LogP contribution is 2.21. The van der Waals surface area contributed by atoms with Crippen LogP contribution in [0.5, 0.6) is 0 Å². The van der Waals surface area contributed by atoms with Crippen LogP contribution in [0, 0.1) is 0 Å². The standard InChI is InChI=1S/C13H20N6O2S/c1-17-11(20)8-5-9(7-18-6-8)22-12(21)10(14)3-2-4-19-13(15)16/h5-7,10H,2-4,14H2,1H3,(H,17,20)(H4,15,16,19). The molecule has 0 saturated heterocycles. The molecule has 0 spiro atoms. The molecule has 0 bridgehead atoms. The molecule has 1 heterocycles. The van der Waals surface area contributed by atoms with E-state index in [9.17, 15) is 9.59 Å². The maximum absolute atomic E-state index is 12.0. The fraction of sp³-hybridized carbons (Fsp3) is 0.385. The van der Waals surface area contributed by atoms with Gasteiger partial charge in [-0.25, -0.2) is 0 Å². The van der Waals surface area contributed by atoms with Crippen molar-refractivity contribution in [1.29, 1.82) is 0 Å². The van der Waals surface area contributed by atoms with Crippen molar-refractivity contribution in [2.75, 3.05) is 13.6 Å². The van der Waals surface area contributed by atoms with Gasteiger partial charge in [0.1, 0.15) is 0 Å². The number of pyridine rings is 1. The van der Waals surface area contributed by atoms with Gasteiger partial charge in [0.05, 0.1) is 11.6 Å². The number of thioether (sulfide) groups is 1. The Morgan fingerprint density at radius 2 is 2.14 bits per heavy atom. The molecule has 1 aromatic heterocycles. The molecule has 1 rings (SSSR count). The smallest absolute Gasteiger partial charge is 0.252 e. The van der Waals surface area contributed by atoms with E-state index in [-0.39, 0.29) is 17.0 Å². The number of aromatic nitrogens is 1. The molecule has 0 fully saturated rings. The summed E-state index contributed by atoms with van der Waals surface area (Å²) in [5, 5.41) is 2.30. The summed E-state index contributed by atoms with van der Waals surface area (Å²) < 4.78 is 0. The number of aliphatic imine (C=N–C) groups is 1. The highest BCUT2D eigenvalue weighted by Gasteiger charge is 2.15. The van der Waals surface area contributed by atoms with Crippen molar-refractivity contribution in [2.24, 2.45) is 22.2 Å². The number of carbonyl (C=O) groups excluding carboxylic acids is 2. The van der Waals surface area contributed by atoms with Crippen LogP contribution in [-0.2, 0) is 4.79 Å². The fourth-order valence-electron chi connectivity index (χ4n) is 1.57. The average Bonchev–Trinajstić information content (AvgIpc) is 2.50. The Kier molecular flexibility index (Phi) is 7.33. The maximum Gasteiger partial charge on any atom is 0.252 e. The fourth-order valence-corrected chi connectivity index (χ4v) is 2.37. The molecule has 1 unspecified atom stereocenters. The molecule has 0 aliphatic carbocycles. The Labute approximate surface area is 132 Å². The van der Waals surface area contributed by atoms with Gasteiger partial charge in [-0.05, 0) is 30.7 Å². The summed E-state index contributed by atoms with van der Waals surface area (Å²) in [5.41, 5.74) is 16.6. The molecule has 22 heavy (non-hydrogen) atoms. The van der Waals surface area contributed by atoms with Crippen LogP contribution in [0.1, 0.15) is 23.2 Å². The highest BCUT2D eigenvalue weighted by atomic mass is 32.2. The predicted molar refractivity (Wildman–Crippen MR) is 86.4 cm³/mol. The molecular formula is C13H20N6O2S. The first-order valence-corrected chi connectivity index (χ1v) is 7.45. The lowest BCUT2D eigenvalue weighted by atomic mass is 10.2. The quantitative estimate of drug-likeness (QED) is 0.227. The minimum Gasteiger partial charge on any atom is -0.370 e. The Balaban J connectivity index is 2.53. The molecule has 9 heteroatoms. The van der Waals surface area contributed by atoms with Gasteiger partial charge in [0.15, 0.2) is 5.96 Å². The van der Waals surface area contributed by atoms with Crippen molar-refractivity contribution in [3.63, 3.8) is 0 Å². The third kappa shape index (κ3) is 6.10. The first kappa shape index (κ1) is 17.9. The van der Waals surface area contributed by atoms with Gasteiger partial charge in [0.2, 0.25) is 5.12 Å². The molecule has 0 aliphatic rings. The number of nitrogens with one attached hydrogen (secondary N) is 1. The van der Waals surface area contributed by atoms with Gasteiger partial charge >= 0.3 is 0 Å². The second-order valence-corrected chi connectivity index (χ2v) is 5.54. The number of hydrogen-bond donors (Lipinski definition) is 4. The Bertz CT molecular complexity index is 559. The molecule has 120 valence electrons. The third-order valence-electron chi connectivity index (χ3n) is 2.69. The molecule has 0 aliphatic heterocycles. The van der Waals surface area contributed by atoms with Crippen molar-refractivity contribution in [1.82, 2.24) is 10.3 Å². The van der Waals surface area contributed by atoms with Crippen LogP contribution in [0.4, 0.5) is 0 Å². The molecule has 7 N–H and O–H groups in total. The minimum absolute atomic E-state index is 0.0198. The van der Waals surface area contributed by atoms with Crippen LogP contribution in [0.25, 0.3) is 0 Å². The zero-order chi connectivity index (χ0) is 16.5. The lowest BCUT2D eigenvalue weighted by Crippen LogP contribution is -2.28. The van der Waals surface area contributed by atoms with Crippen molar-refractivity contribution < 1.29 is 9.59 Å². The Hall–Kier alpha value is -2.13. The Morgan fingerprint density at radius 1 is 1.41 bits per heavy atom. The molecule has 8 nitrogen and oxygen atoms in total. The topological polar surface area (TPSA) is 149 Å². The van der Waals surface area contributed by atoms with Crippen LogP contribution in [0.3, 0.4) is 0 Å². The number of nitrogens with two attached hydrogens (primary N) is 3. The van der Waals surface area contributed by atoms with Crippen molar-refractivity contribution >= 4 is 28.7 Å². The summed E-state index contributed by atoms with van der Waals surface area (Å²) in [6, 6.07) is 0.975. The van der Waals surface area contributed by atoms with E-state index in [1.54, 1.807) is 6.07 Å². The van der Waals surface area contributed by atoms with Gasteiger partial charge in [-0.3, -0.25) is 19.6 Å². The molecule has 1 aromatic rings. The second-order valence-electron chi connectivity index (χ2n) is 4.46. The highest BCUT2D eigenvalue weighted by molar-refractivity contribution is 8.13. The first-order chi connectivity index (χ1) is 10.4. The molecule has 1 atom stereocenters. The van der Waals surface area contributed by atoms with E-state index >= 15 is 0 Å². The van der Waals surface area contributed by atoms with Crippen LogP contribution in [-0.4, -0.2) is 41.6 Å². The third-order valence-corrected chi connectivity index (χ3v) is 3.65. The van der Waals surface area contributed by atoms with Gasteiger partial charge in [0.25, 0.3) is 5.91 Å². The van der Waals surface area contributed by atoms with Crippen molar-refractivity contribution in [3.8, 4) is 0 Å². The summed E-state index contributed by atoms with van der Waals surface area (Å²) in [4.78, 5) is 31.9. The van der Waals surface area contributed by atoms with Gasteiger partial charge in [0, 0.05) is 30.9 Å². The van der Waals surface area contributed by atoms with Crippen LogP contribution in [0.2, 0.25) is 0 Å². The zero-order valence-corrected chi connectivity index (χ0v) is 13.1. The maximum atomic E-state index is 12.0. The van der Waals surface area contributed by atoms with E-state index in [0.29, 0.717) is 29.8 Å². The molecule has 0 saturated carbocycles. The van der Waals surface area contributed by atoms with Crippen molar-refractivity contribution in [3.05, 3.63) is 24.0 Å². The predicted octanol–water partition coefficient (Wildman–Crippen LogP) is -0.559. The largest absolute Gasteiger partial charge is 0.370 e. The number of nitrogens with zero attached hydrogens (tertiary/aromatic N) is 2. The molecule has 0 radical (unpaired) electrons. The number of amides is 1. The number of hydrogen-bond acceptors (Lipinski definition) is 6. The zero-order valence-electron chi connectivity index (χ0n) is 12.3. The lowest BCUT2D eigenvalue weighted by Gasteiger charge is -2.09. The summed E-state index contributed by atoms with van der Waals surface area (Å²) in [5.74, 6) is -0.240. The Morgan fingerprint density at radius 3 is 2.77 bits per heavy atom. The summed E-state index contributed by atoms with van der Waals surface area (Å²) in [6.07, 6.45) is 4.04. The van der Waals surface area contributed by atoms with Gasteiger partial charge < -0.3 is 22.5 Å². The summed E-state index contributed by atoms with van der Waals surface area (Å²) >= 11 is 0.966. The van der Waals surface area contributed by atoms with E-state index in [0.717, 1.165) is 11.8 Å². The van der Waals surface area contributed by atoms with E-state index in [4.69, 9.17) is 17.2 Å². The molecule has 0 aromatic carbocycles. The van der Waals surface area contributed by atoms with E-state index in [2.05, 4.69) is 15.3 Å². The SMILES string of the molecule is CNC(=O)c1cncc(SC(=O)C(N)CCCN=C(N)N)c1. The number of guanidine groups is 1. The summed E-state index contributed by atoms with van der Waals surface area (Å²) in [6.45, 7) is 0.432. The molecular weight excluding hydrogens is 304 g/mol. The first-order valence-electron chi connectivity index (χ1n) is 6.64. The van der Waals surface area contributed by atoms with Gasteiger partial charge in [-0.15, -0.1) is 0 Å². The van der Waals surface area contributed by atoms with Crippen LogP contribution < -0.4 is 22.5 Å². The summed E-state index contributed by atoms with van der Waals surface area (Å²) in [7, 11) is 1.53. The number of carbonyl (C=O) groups is 2. The van der Waals surface area contributed by atoms with E-state index in [1.165, 1.54) is 19.4 Å². The van der Waals surface area contributed by atoms with Crippen LogP contribution >= 0.6 is 11.8 Å².